The maximum Gasteiger partial charge on any atom is 0.217 e. The van der Waals surface area contributed by atoms with Crippen molar-refractivity contribution in [2.24, 2.45) is 16.6 Å². The maximum absolute atomic E-state index is 11.2. The van der Waals surface area contributed by atoms with E-state index in [4.69, 9.17) is 10.7 Å². The summed E-state index contributed by atoms with van der Waals surface area (Å²) >= 11 is 0. The molecule has 0 aliphatic carbocycles. The van der Waals surface area contributed by atoms with Crippen LogP contribution in [0.3, 0.4) is 0 Å². The van der Waals surface area contributed by atoms with Crippen LogP contribution in [-0.4, -0.2) is 47.9 Å². The topological polar surface area (TPSA) is 83.6 Å². The van der Waals surface area contributed by atoms with E-state index in [1.807, 2.05) is 12.3 Å². The number of pyridine rings is 1. The van der Waals surface area contributed by atoms with Crippen molar-refractivity contribution in [2.75, 3.05) is 26.2 Å². The minimum atomic E-state index is -0.213. The zero-order valence-electron chi connectivity index (χ0n) is 14.3. The minimum absolute atomic E-state index is 0. The van der Waals surface area contributed by atoms with E-state index in [2.05, 4.69) is 28.2 Å². The van der Waals surface area contributed by atoms with Crippen molar-refractivity contribution in [3.63, 3.8) is 0 Å². The van der Waals surface area contributed by atoms with Gasteiger partial charge < -0.3 is 16.0 Å². The molecule has 0 aromatic carbocycles. The molecule has 134 valence electrons. The van der Waals surface area contributed by atoms with Crippen LogP contribution in [0, 0.1) is 5.92 Å². The van der Waals surface area contributed by atoms with Gasteiger partial charge in [-0.1, -0.05) is 6.07 Å². The molecule has 1 amide bonds. The van der Waals surface area contributed by atoms with E-state index in [-0.39, 0.29) is 29.9 Å². The van der Waals surface area contributed by atoms with Gasteiger partial charge in [0.05, 0.1) is 0 Å². The van der Waals surface area contributed by atoms with Gasteiger partial charge in [-0.3, -0.25) is 14.8 Å². The molecule has 1 saturated heterocycles. The van der Waals surface area contributed by atoms with Crippen LogP contribution in [0.15, 0.2) is 29.5 Å². The monoisotopic (exact) mass is 445 g/mol. The molecule has 1 atom stereocenters. The van der Waals surface area contributed by atoms with Gasteiger partial charge in [-0.2, -0.15) is 0 Å². The highest BCUT2D eigenvalue weighted by atomic mass is 127. The smallest absolute Gasteiger partial charge is 0.217 e. The second kappa shape index (κ2) is 11.2. The Hall–Kier alpha value is -1.38. The van der Waals surface area contributed by atoms with Crippen molar-refractivity contribution in [2.45, 2.75) is 32.6 Å². The highest BCUT2D eigenvalue weighted by Crippen LogP contribution is 2.19. The number of hydrogen-bond acceptors (Lipinski definition) is 3. The summed E-state index contributed by atoms with van der Waals surface area (Å²) in [5.74, 6) is 1.06. The Morgan fingerprint density at radius 2 is 2.38 bits per heavy atom. The van der Waals surface area contributed by atoms with Gasteiger partial charge in [0.1, 0.15) is 0 Å². The molecule has 1 aliphatic rings. The summed E-state index contributed by atoms with van der Waals surface area (Å²) in [6.07, 6.45) is 7.14. The Morgan fingerprint density at radius 3 is 3.04 bits per heavy atom. The van der Waals surface area contributed by atoms with E-state index in [0.29, 0.717) is 12.3 Å². The Bertz CT molecular complexity index is 523. The summed E-state index contributed by atoms with van der Waals surface area (Å²) in [4.78, 5) is 22.3. The lowest BCUT2D eigenvalue weighted by atomic mass is 9.95. The normalized spacial score (nSPS) is 18.0. The second-order valence-corrected chi connectivity index (χ2v) is 5.97. The van der Waals surface area contributed by atoms with Crippen molar-refractivity contribution in [1.82, 2.24) is 15.2 Å². The van der Waals surface area contributed by atoms with Crippen LogP contribution in [0.2, 0.25) is 0 Å². The standard InChI is InChI=1S/C17H27N5O.HI/c1-2-20-17(21-9-7-14-5-3-8-19-12-14)22-10-4-6-15(13-22)11-16(18)23;/h3,5,8,12,15H,2,4,6-7,9-11,13H2,1H3,(H2,18,23)(H,20,21);1H. The molecule has 1 unspecified atom stereocenters. The zero-order valence-corrected chi connectivity index (χ0v) is 16.6. The SMILES string of the molecule is CCNC(=NCCc1cccnc1)N1CCCC(CC(N)=O)C1.I. The molecule has 1 aromatic heterocycles. The third-order valence-electron chi connectivity index (χ3n) is 4.03. The number of primary amides is 1. The lowest BCUT2D eigenvalue weighted by Crippen LogP contribution is -2.47. The Balaban J connectivity index is 0.00000288. The highest BCUT2D eigenvalue weighted by Gasteiger charge is 2.23. The highest BCUT2D eigenvalue weighted by molar-refractivity contribution is 14.0. The van der Waals surface area contributed by atoms with Gasteiger partial charge in [0, 0.05) is 45.0 Å². The fourth-order valence-corrected chi connectivity index (χ4v) is 2.97. The van der Waals surface area contributed by atoms with Gasteiger partial charge in [-0.25, -0.2) is 0 Å². The quantitative estimate of drug-likeness (QED) is 0.398. The first kappa shape index (κ1) is 20.7. The van der Waals surface area contributed by atoms with Crippen molar-refractivity contribution >= 4 is 35.8 Å². The molecular formula is C17H28IN5O. The predicted octanol–water partition coefficient (Wildman–Crippen LogP) is 1.79. The lowest BCUT2D eigenvalue weighted by molar-refractivity contribution is -0.119. The fourth-order valence-electron chi connectivity index (χ4n) is 2.97. The van der Waals surface area contributed by atoms with Crippen molar-refractivity contribution in [3.05, 3.63) is 30.1 Å². The molecule has 2 heterocycles. The number of nitrogens with zero attached hydrogens (tertiary/aromatic N) is 3. The molecule has 24 heavy (non-hydrogen) atoms. The number of aliphatic imine (C=N–C) groups is 1. The Labute approximate surface area is 161 Å². The van der Waals surface area contributed by atoms with Crippen LogP contribution in [0.4, 0.5) is 0 Å². The molecular weight excluding hydrogens is 417 g/mol. The molecule has 1 fully saturated rings. The lowest BCUT2D eigenvalue weighted by Gasteiger charge is -2.34. The summed E-state index contributed by atoms with van der Waals surface area (Å²) in [6, 6.07) is 4.02. The van der Waals surface area contributed by atoms with Crippen molar-refractivity contribution in [3.8, 4) is 0 Å². The van der Waals surface area contributed by atoms with Crippen LogP contribution in [0.1, 0.15) is 31.7 Å². The van der Waals surface area contributed by atoms with E-state index in [1.54, 1.807) is 6.20 Å². The van der Waals surface area contributed by atoms with Gasteiger partial charge in [-0.05, 0) is 43.7 Å². The summed E-state index contributed by atoms with van der Waals surface area (Å²) in [5.41, 5.74) is 6.53. The first-order valence-electron chi connectivity index (χ1n) is 8.39. The molecule has 1 aliphatic heterocycles. The number of carbonyl (C=O) groups excluding carboxylic acids is 1. The number of guanidine groups is 1. The van der Waals surface area contributed by atoms with Gasteiger partial charge >= 0.3 is 0 Å². The number of rotatable bonds is 6. The van der Waals surface area contributed by atoms with Crippen LogP contribution in [-0.2, 0) is 11.2 Å². The summed E-state index contributed by atoms with van der Waals surface area (Å²) < 4.78 is 0. The Morgan fingerprint density at radius 1 is 1.54 bits per heavy atom. The van der Waals surface area contributed by atoms with Gasteiger partial charge in [0.15, 0.2) is 5.96 Å². The largest absolute Gasteiger partial charge is 0.370 e. The molecule has 0 spiro atoms. The average molecular weight is 445 g/mol. The van der Waals surface area contributed by atoms with E-state index < -0.39 is 0 Å². The minimum Gasteiger partial charge on any atom is -0.370 e. The number of halogens is 1. The van der Waals surface area contributed by atoms with E-state index >= 15 is 0 Å². The number of nitrogens with two attached hydrogens (primary N) is 1. The number of carbonyl (C=O) groups is 1. The molecule has 1 aromatic rings. The molecule has 0 saturated carbocycles. The number of hydrogen-bond donors (Lipinski definition) is 2. The van der Waals surface area contributed by atoms with Gasteiger partial charge in [0.2, 0.25) is 5.91 Å². The van der Waals surface area contributed by atoms with Crippen LogP contribution < -0.4 is 11.1 Å². The van der Waals surface area contributed by atoms with Crippen LogP contribution in [0.25, 0.3) is 0 Å². The van der Waals surface area contributed by atoms with E-state index in [0.717, 1.165) is 51.4 Å². The van der Waals surface area contributed by atoms with Crippen molar-refractivity contribution < 1.29 is 4.79 Å². The summed E-state index contributed by atoms with van der Waals surface area (Å²) in [5, 5.41) is 3.36. The second-order valence-electron chi connectivity index (χ2n) is 5.97. The fraction of sp³-hybridized carbons (Fsp3) is 0.588. The molecule has 2 rings (SSSR count). The van der Waals surface area contributed by atoms with E-state index in [9.17, 15) is 4.79 Å². The number of piperidine rings is 1. The zero-order chi connectivity index (χ0) is 16.5. The number of likely N-dealkylation sites (tertiary alicyclic amines) is 1. The van der Waals surface area contributed by atoms with Gasteiger partial charge in [-0.15, -0.1) is 24.0 Å². The third kappa shape index (κ3) is 7.02. The first-order valence-corrected chi connectivity index (χ1v) is 8.39. The summed E-state index contributed by atoms with van der Waals surface area (Å²) in [6.45, 7) is 5.46. The number of aromatic nitrogens is 1. The molecule has 0 radical (unpaired) electrons. The molecule has 0 bridgehead atoms. The average Bonchev–Trinajstić information content (AvgIpc) is 2.55. The first-order chi connectivity index (χ1) is 11.2. The number of amides is 1. The predicted molar refractivity (Wildman–Crippen MR) is 107 cm³/mol. The molecule has 6 nitrogen and oxygen atoms in total. The Kier molecular flexibility index (Phi) is 9.66. The van der Waals surface area contributed by atoms with Crippen molar-refractivity contribution in [1.29, 1.82) is 0 Å². The summed E-state index contributed by atoms with van der Waals surface area (Å²) in [7, 11) is 0. The maximum atomic E-state index is 11.2. The van der Waals surface area contributed by atoms with Gasteiger partial charge in [0.25, 0.3) is 0 Å². The van der Waals surface area contributed by atoms with Crippen LogP contribution >= 0.6 is 24.0 Å². The third-order valence-corrected chi connectivity index (χ3v) is 4.03. The van der Waals surface area contributed by atoms with E-state index in [1.165, 1.54) is 5.56 Å². The number of nitrogens with one attached hydrogen (secondary N) is 1. The molecule has 7 heteroatoms. The molecule has 3 N–H and O–H groups in total. The van der Waals surface area contributed by atoms with Crippen LogP contribution in [0.5, 0.6) is 0 Å².